The molecule has 0 N–H and O–H groups in total. The fourth-order valence-corrected chi connectivity index (χ4v) is 9.25. The van der Waals surface area contributed by atoms with Crippen molar-refractivity contribution in [2.75, 3.05) is 6.54 Å². The predicted octanol–water partition coefficient (Wildman–Crippen LogP) is 6.57. The van der Waals surface area contributed by atoms with E-state index in [9.17, 15) is 0 Å². The van der Waals surface area contributed by atoms with Crippen molar-refractivity contribution in [3.63, 3.8) is 0 Å². The van der Waals surface area contributed by atoms with Gasteiger partial charge in [0.25, 0.3) is 0 Å². The zero-order valence-electron chi connectivity index (χ0n) is 23.0. The molecular formula is C31H44N2Si2. The van der Waals surface area contributed by atoms with E-state index in [2.05, 4.69) is 99.0 Å². The van der Waals surface area contributed by atoms with E-state index in [-0.39, 0.29) is 5.54 Å². The normalized spacial score (nSPS) is 28.5. The molecular weight excluding hydrogens is 457 g/mol. The number of rotatable bonds is 3. The first kappa shape index (κ1) is 25.0. The SMILES string of the molecule is CC1CC2Cc3nc(C#C[Si](C)(C)C)c([Si](C)(C)C)cc3C3(C1)C2CCCN3Cc1ccccc1. The van der Waals surface area contributed by atoms with Crippen LogP contribution >= 0.6 is 0 Å². The molecule has 2 bridgehead atoms. The van der Waals surface area contributed by atoms with E-state index in [1.807, 2.05) is 0 Å². The quantitative estimate of drug-likeness (QED) is 0.350. The minimum absolute atomic E-state index is 0.135. The number of fused-ring (bicyclic) bond motifs is 1. The zero-order valence-corrected chi connectivity index (χ0v) is 25.0. The Morgan fingerprint density at radius 3 is 2.51 bits per heavy atom. The molecule has 186 valence electrons. The van der Waals surface area contributed by atoms with Gasteiger partial charge in [0.2, 0.25) is 0 Å². The van der Waals surface area contributed by atoms with E-state index in [0.717, 1.165) is 36.4 Å². The van der Waals surface area contributed by atoms with Crippen molar-refractivity contribution in [3.8, 4) is 11.5 Å². The Hall–Kier alpha value is -1.68. The van der Waals surface area contributed by atoms with E-state index in [4.69, 9.17) is 4.98 Å². The molecule has 2 aromatic rings. The molecule has 4 atom stereocenters. The smallest absolute Gasteiger partial charge is 0.129 e. The summed E-state index contributed by atoms with van der Waals surface area (Å²) in [6.45, 7) is 19.2. The molecule has 2 fully saturated rings. The summed E-state index contributed by atoms with van der Waals surface area (Å²) in [6.07, 6.45) is 6.49. The number of hydrogen-bond acceptors (Lipinski definition) is 2. The first-order valence-corrected chi connectivity index (χ1v) is 20.8. The summed E-state index contributed by atoms with van der Waals surface area (Å²) in [5.74, 6) is 5.91. The van der Waals surface area contributed by atoms with E-state index in [1.165, 1.54) is 48.7 Å². The van der Waals surface area contributed by atoms with Crippen LogP contribution in [0.15, 0.2) is 36.4 Å². The second kappa shape index (κ2) is 9.01. The summed E-state index contributed by atoms with van der Waals surface area (Å²) in [5, 5.41) is 1.48. The van der Waals surface area contributed by atoms with Gasteiger partial charge in [0.15, 0.2) is 0 Å². The number of hydrogen-bond donors (Lipinski definition) is 0. The maximum absolute atomic E-state index is 5.47. The Labute approximate surface area is 216 Å². The monoisotopic (exact) mass is 500 g/mol. The predicted molar refractivity (Wildman–Crippen MR) is 154 cm³/mol. The van der Waals surface area contributed by atoms with Gasteiger partial charge in [-0.25, -0.2) is 4.98 Å². The highest BCUT2D eigenvalue weighted by Crippen LogP contribution is 2.59. The molecule has 0 spiro atoms. The van der Waals surface area contributed by atoms with Crippen LogP contribution in [-0.4, -0.2) is 32.6 Å². The second-order valence-corrected chi connectivity index (χ2v) is 23.5. The van der Waals surface area contributed by atoms with Crippen LogP contribution in [0.5, 0.6) is 0 Å². The number of benzene rings is 1. The molecule has 1 aliphatic heterocycles. The van der Waals surface area contributed by atoms with E-state index >= 15 is 0 Å². The highest BCUT2D eigenvalue weighted by atomic mass is 28.3. The largest absolute Gasteiger partial charge is 0.289 e. The Kier molecular flexibility index (Phi) is 6.44. The Bertz CT molecular complexity index is 1150. The van der Waals surface area contributed by atoms with Gasteiger partial charge in [0.05, 0.1) is 13.6 Å². The van der Waals surface area contributed by atoms with Gasteiger partial charge in [-0.3, -0.25) is 4.90 Å². The van der Waals surface area contributed by atoms with Crippen LogP contribution < -0.4 is 5.19 Å². The van der Waals surface area contributed by atoms with Crippen molar-refractivity contribution in [2.24, 2.45) is 17.8 Å². The van der Waals surface area contributed by atoms with E-state index < -0.39 is 16.1 Å². The number of likely N-dealkylation sites (tertiary alicyclic amines) is 1. The molecule has 4 heteroatoms. The average molecular weight is 501 g/mol. The van der Waals surface area contributed by atoms with Crippen LogP contribution in [0.4, 0.5) is 0 Å². The lowest BCUT2D eigenvalue weighted by atomic mass is 9.53. The van der Waals surface area contributed by atoms with Crippen LogP contribution in [-0.2, 0) is 18.5 Å². The van der Waals surface area contributed by atoms with Gasteiger partial charge < -0.3 is 0 Å². The van der Waals surface area contributed by atoms with Crippen molar-refractivity contribution in [1.29, 1.82) is 0 Å². The molecule has 2 heterocycles. The summed E-state index contributed by atoms with van der Waals surface area (Å²) in [5.41, 5.74) is 9.29. The van der Waals surface area contributed by atoms with Crippen molar-refractivity contribution < 1.29 is 0 Å². The Balaban J connectivity index is 1.70. The molecule has 4 unspecified atom stereocenters. The number of pyridine rings is 1. The molecule has 35 heavy (non-hydrogen) atoms. The third-order valence-corrected chi connectivity index (χ3v) is 11.5. The molecule has 2 nitrogen and oxygen atoms in total. The lowest BCUT2D eigenvalue weighted by molar-refractivity contribution is -0.0967. The molecule has 0 radical (unpaired) electrons. The summed E-state index contributed by atoms with van der Waals surface area (Å²) < 4.78 is 0. The van der Waals surface area contributed by atoms with Crippen LogP contribution in [0.25, 0.3) is 0 Å². The van der Waals surface area contributed by atoms with Crippen molar-refractivity contribution >= 4 is 21.3 Å². The van der Waals surface area contributed by atoms with Gasteiger partial charge in [-0.2, -0.15) is 0 Å². The van der Waals surface area contributed by atoms with Crippen LogP contribution in [0.3, 0.4) is 0 Å². The van der Waals surface area contributed by atoms with Gasteiger partial charge in [-0.1, -0.05) is 88.5 Å². The standard InChI is InChI=1S/C31H44N2Si2/c1-23-18-25-19-29-27(20-30(35(5,6)7)28(32-29)15-17-34(2,3)4)31(21-23)26(25)14-11-16-33(31)22-24-12-9-8-10-13-24/h8-10,12-13,20,23,25-26H,11,14,16,18-19,21-22H2,1-7H3. The summed E-state index contributed by atoms with van der Waals surface area (Å²) in [4.78, 5) is 8.36. The zero-order chi connectivity index (χ0) is 25.0. The van der Waals surface area contributed by atoms with E-state index in [0.29, 0.717) is 0 Å². The summed E-state index contributed by atoms with van der Waals surface area (Å²) in [7, 11) is -3.08. The summed E-state index contributed by atoms with van der Waals surface area (Å²) in [6, 6.07) is 13.8. The van der Waals surface area contributed by atoms with E-state index in [1.54, 1.807) is 5.56 Å². The topological polar surface area (TPSA) is 16.1 Å². The maximum Gasteiger partial charge on any atom is 0.129 e. The minimum Gasteiger partial charge on any atom is -0.289 e. The minimum atomic E-state index is -1.62. The van der Waals surface area contributed by atoms with Crippen molar-refractivity contribution in [1.82, 2.24) is 9.88 Å². The molecule has 1 saturated carbocycles. The third kappa shape index (κ3) is 4.72. The number of nitrogens with zero attached hydrogens (tertiary/aromatic N) is 2. The maximum atomic E-state index is 5.47. The molecule has 1 saturated heterocycles. The lowest BCUT2D eigenvalue weighted by Gasteiger charge is -2.61. The van der Waals surface area contributed by atoms with Crippen molar-refractivity contribution in [3.05, 3.63) is 58.9 Å². The summed E-state index contributed by atoms with van der Waals surface area (Å²) >= 11 is 0. The van der Waals surface area contributed by atoms with Crippen LogP contribution in [0.1, 0.15) is 55.1 Å². The van der Waals surface area contributed by atoms with Crippen LogP contribution in [0.2, 0.25) is 39.3 Å². The molecule has 1 aromatic carbocycles. The molecule has 2 aliphatic carbocycles. The number of piperidine rings is 1. The lowest BCUT2D eigenvalue weighted by Crippen LogP contribution is -2.62. The first-order chi connectivity index (χ1) is 16.5. The molecule has 0 amide bonds. The van der Waals surface area contributed by atoms with Crippen molar-refractivity contribution in [2.45, 2.75) is 90.4 Å². The molecule has 5 rings (SSSR count). The third-order valence-electron chi connectivity index (χ3n) is 8.66. The van der Waals surface area contributed by atoms with Gasteiger partial charge in [0, 0.05) is 12.2 Å². The van der Waals surface area contributed by atoms with Gasteiger partial charge in [0.1, 0.15) is 13.8 Å². The molecule has 1 aromatic heterocycles. The molecule has 3 aliphatic rings. The fraction of sp³-hybridized carbons (Fsp3) is 0.581. The fourth-order valence-electron chi connectivity index (χ4n) is 7.35. The number of aromatic nitrogens is 1. The first-order valence-electron chi connectivity index (χ1n) is 13.8. The van der Waals surface area contributed by atoms with Gasteiger partial charge >= 0.3 is 0 Å². The van der Waals surface area contributed by atoms with Crippen LogP contribution in [0, 0.1) is 29.2 Å². The highest BCUT2D eigenvalue weighted by molar-refractivity contribution is 6.89. The van der Waals surface area contributed by atoms with Gasteiger partial charge in [-0.05, 0) is 72.7 Å². The highest BCUT2D eigenvalue weighted by Gasteiger charge is 2.57. The second-order valence-electron chi connectivity index (χ2n) is 13.7. The Morgan fingerprint density at radius 2 is 1.83 bits per heavy atom. The van der Waals surface area contributed by atoms with Gasteiger partial charge in [-0.15, -0.1) is 5.54 Å². The Morgan fingerprint density at radius 1 is 1.09 bits per heavy atom. The average Bonchev–Trinajstić information content (AvgIpc) is 2.77.